The zero-order chi connectivity index (χ0) is 22.6. The first-order chi connectivity index (χ1) is 16.2. The van der Waals surface area contributed by atoms with Gasteiger partial charge in [-0.15, -0.1) is 0 Å². The van der Waals surface area contributed by atoms with Crippen LogP contribution in [-0.4, -0.2) is 47.0 Å². The number of rotatable bonds is 7. The number of amides is 1. The number of aromatic nitrogens is 2. The van der Waals surface area contributed by atoms with E-state index in [9.17, 15) is 4.79 Å². The lowest BCUT2D eigenvalue weighted by atomic mass is 9.95. The number of hydrogen-bond donors (Lipinski definition) is 0. The third-order valence-corrected chi connectivity index (χ3v) is 7.07. The van der Waals surface area contributed by atoms with Gasteiger partial charge in [0.2, 0.25) is 5.91 Å². The molecule has 33 heavy (non-hydrogen) atoms. The molecule has 0 radical (unpaired) electrons. The fourth-order valence-electron chi connectivity index (χ4n) is 5.04. The van der Waals surface area contributed by atoms with E-state index in [1.54, 1.807) is 0 Å². The molecule has 0 atom stereocenters. The van der Waals surface area contributed by atoms with Crippen LogP contribution in [0.5, 0.6) is 0 Å². The monoisotopic (exact) mass is 440 g/mol. The molecule has 0 unspecified atom stereocenters. The summed E-state index contributed by atoms with van der Waals surface area (Å²) < 4.78 is 0. The molecule has 2 aliphatic heterocycles. The molecule has 5 heteroatoms. The van der Waals surface area contributed by atoms with Gasteiger partial charge < -0.3 is 4.90 Å². The van der Waals surface area contributed by atoms with Crippen molar-refractivity contribution in [3.8, 4) is 0 Å². The van der Waals surface area contributed by atoms with Crippen molar-refractivity contribution in [1.82, 2.24) is 14.9 Å². The quantitative estimate of drug-likeness (QED) is 0.548. The van der Waals surface area contributed by atoms with Gasteiger partial charge >= 0.3 is 0 Å². The first-order valence-corrected chi connectivity index (χ1v) is 12.2. The van der Waals surface area contributed by atoms with E-state index in [1.807, 2.05) is 30.0 Å². The van der Waals surface area contributed by atoms with Crippen LogP contribution < -0.4 is 4.90 Å². The standard InChI is InChI=1S/C28H32N4O/c1-21-25-20-26(33)32(19-13-23-10-6-3-7-11-23)28(25)30-27(29-21)24-14-17-31(18-15-24)16-12-22-8-4-2-5-9-22/h2-11,24H,12-20H2,1H3. The average molecular weight is 441 g/mol. The second-order valence-corrected chi connectivity index (χ2v) is 9.28. The molecule has 5 nitrogen and oxygen atoms in total. The van der Waals surface area contributed by atoms with Crippen LogP contribution in [0.2, 0.25) is 0 Å². The van der Waals surface area contributed by atoms with Crippen LogP contribution >= 0.6 is 0 Å². The summed E-state index contributed by atoms with van der Waals surface area (Å²) >= 11 is 0. The number of carbonyl (C=O) groups is 1. The summed E-state index contributed by atoms with van der Waals surface area (Å²) in [4.78, 5) is 27.1. The molecule has 1 fully saturated rings. The van der Waals surface area contributed by atoms with Crippen LogP contribution in [0, 0.1) is 6.92 Å². The molecule has 2 aromatic carbocycles. The lowest BCUT2D eigenvalue weighted by molar-refractivity contribution is -0.117. The minimum Gasteiger partial charge on any atom is -0.303 e. The molecule has 1 saturated heterocycles. The summed E-state index contributed by atoms with van der Waals surface area (Å²) in [5.74, 6) is 2.29. The van der Waals surface area contributed by atoms with Crippen LogP contribution in [0.1, 0.15) is 47.0 Å². The van der Waals surface area contributed by atoms with Crippen molar-refractivity contribution in [2.24, 2.45) is 0 Å². The summed E-state index contributed by atoms with van der Waals surface area (Å²) in [5.41, 5.74) is 4.62. The largest absolute Gasteiger partial charge is 0.303 e. The average Bonchev–Trinajstić information content (AvgIpc) is 3.18. The number of carbonyl (C=O) groups excluding carboxylic acids is 1. The zero-order valence-corrected chi connectivity index (χ0v) is 19.4. The van der Waals surface area contributed by atoms with E-state index in [4.69, 9.17) is 9.97 Å². The van der Waals surface area contributed by atoms with E-state index >= 15 is 0 Å². The molecule has 0 aliphatic carbocycles. The van der Waals surface area contributed by atoms with Gasteiger partial charge in [-0.25, -0.2) is 9.97 Å². The third-order valence-electron chi connectivity index (χ3n) is 7.07. The van der Waals surface area contributed by atoms with E-state index in [0.29, 0.717) is 18.9 Å². The lowest BCUT2D eigenvalue weighted by Gasteiger charge is -2.31. The number of fused-ring (bicyclic) bond motifs is 1. The maximum absolute atomic E-state index is 12.8. The number of benzene rings is 2. The smallest absolute Gasteiger partial charge is 0.232 e. The molecular formula is C28H32N4O. The minimum absolute atomic E-state index is 0.145. The Balaban J connectivity index is 1.23. The molecule has 1 aromatic heterocycles. The van der Waals surface area contributed by atoms with Gasteiger partial charge in [0.1, 0.15) is 11.6 Å². The Kier molecular flexibility index (Phi) is 6.49. The highest BCUT2D eigenvalue weighted by molar-refractivity contribution is 6.00. The summed E-state index contributed by atoms with van der Waals surface area (Å²) in [6.07, 6.45) is 4.51. The van der Waals surface area contributed by atoms with Crippen molar-refractivity contribution in [3.63, 3.8) is 0 Å². The van der Waals surface area contributed by atoms with E-state index in [-0.39, 0.29) is 5.91 Å². The predicted octanol–water partition coefficient (Wildman–Crippen LogP) is 4.34. The molecule has 1 amide bonds. The van der Waals surface area contributed by atoms with Crippen molar-refractivity contribution in [1.29, 1.82) is 0 Å². The topological polar surface area (TPSA) is 49.3 Å². The molecule has 3 heterocycles. The van der Waals surface area contributed by atoms with E-state index in [0.717, 1.165) is 68.2 Å². The first-order valence-electron chi connectivity index (χ1n) is 12.2. The molecule has 3 aromatic rings. The third kappa shape index (κ3) is 4.98. The van der Waals surface area contributed by atoms with Gasteiger partial charge in [0.15, 0.2) is 0 Å². The fourth-order valence-corrected chi connectivity index (χ4v) is 5.04. The molecule has 2 aliphatic rings. The van der Waals surface area contributed by atoms with Crippen LogP contribution in [0.4, 0.5) is 5.82 Å². The summed E-state index contributed by atoms with van der Waals surface area (Å²) in [6, 6.07) is 21.1. The van der Waals surface area contributed by atoms with E-state index in [2.05, 4.69) is 47.4 Å². The van der Waals surface area contributed by atoms with Gasteiger partial charge in [0, 0.05) is 30.3 Å². The van der Waals surface area contributed by atoms with Crippen LogP contribution in [0.25, 0.3) is 0 Å². The Morgan fingerprint density at radius 1 is 0.848 bits per heavy atom. The van der Waals surface area contributed by atoms with Crippen molar-refractivity contribution in [2.45, 2.75) is 44.9 Å². The second-order valence-electron chi connectivity index (χ2n) is 9.28. The molecule has 170 valence electrons. The normalized spacial score (nSPS) is 16.9. The number of nitrogens with zero attached hydrogens (tertiary/aromatic N) is 4. The molecule has 0 bridgehead atoms. The number of likely N-dealkylation sites (tertiary alicyclic amines) is 1. The lowest BCUT2D eigenvalue weighted by Crippen LogP contribution is -2.35. The molecule has 0 N–H and O–H groups in total. The van der Waals surface area contributed by atoms with E-state index < -0.39 is 0 Å². The van der Waals surface area contributed by atoms with Gasteiger partial charge in [0.05, 0.1) is 6.42 Å². The zero-order valence-electron chi connectivity index (χ0n) is 19.4. The van der Waals surface area contributed by atoms with Gasteiger partial charge in [-0.05, 0) is 56.8 Å². The van der Waals surface area contributed by atoms with Crippen molar-refractivity contribution in [2.75, 3.05) is 31.1 Å². The highest BCUT2D eigenvalue weighted by Crippen LogP contribution is 2.33. The summed E-state index contributed by atoms with van der Waals surface area (Å²) in [5, 5.41) is 0. The van der Waals surface area contributed by atoms with Gasteiger partial charge in [-0.1, -0.05) is 60.7 Å². The maximum atomic E-state index is 12.8. The van der Waals surface area contributed by atoms with Gasteiger partial charge in [-0.2, -0.15) is 0 Å². The van der Waals surface area contributed by atoms with Crippen molar-refractivity contribution < 1.29 is 4.79 Å². The molecular weight excluding hydrogens is 408 g/mol. The Hall–Kier alpha value is -3.05. The Morgan fingerprint density at radius 3 is 2.09 bits per heavy atom. The van der Waals surface area contributed by atoms with Crippen LogP contribution in [0.3, 0.4) is 0 Å². The summed E-state index contributed by atoms with van der Waals surface area (Å²) in [7, 11) is 0. The predicted molar refractivity (Wildman–Crippen MR) is 132 cm³/mol. The Labute approximate surface area is 196 Å². The first kappa shape index (κ1) is 21.8. The van der Waals surface area contributed by atoms with Crippen LogP contribution in [0.15, 0.2) is 60.7 Å². The summed E-state index contributed by atoms with van der Waals surface area (Å²) in [6.45, 7) is 5.96. The molecule has 5 rings (SSSR count). The number of hydrogen-bond acceptors (Lipinski definition) is 4. The Morgan fingerprint density at radius 2 is 1.45 bits per heavy atom. The van der Waals surface area contributed by atoms with Crippen LogP contribution in [-0.2, 0) is 24.1 Å². The number of aryl methyl sites for hydroxylation is 1. The Bertz CT molecular complexity index is 1090. The maximum Gasteiger partial charge on any atom is 0.232 e. The number of anilines is 1. The van der Waals surface area contributed by atoms with Crippen molar-refractivity contribution >= 4 is 11.7 Å². The SMILES string of the molecule is Cc1nc(C2CCN(CCc3ccccc3)CC2)nc2c1CC(=O)N2CCc1ccccc1. The number of piperidine rings is 1. The second kappa shape index (κ2) is 9.84. The minimum atomic E-state index is 0.145. The van der Waals surface area contributed by atoms with Gasteiger partial charge in [0.25, 0.3) is 0 Å². The van der Waals surface area contributed by atoms with Gasteiger partial charge in [-0.3, -0.25) is 9.69 Å². The highest BCUT2D eigenvalue weighted by atomic mass is 16.2. The highest BCUT2D eigenvalue weighted by Gasteiger charge is 2.32. The van der Waals surface area contributed by atoms with E-state index in [1.165, 1.54) is 11.1 Å². The van der Waals surface area contributed by atoms with Crippen molar-refractivity contribution in [3.05, 3.63) is 88.9 Å². The molecule has 0 saturated carbocycles. The fraction of sp³-hybridized carbons (Fsp3) is 0.393. The molecule has 0 spiro atoms.